The Morgan fingerprint density at radius 2 is 2.07 bits per heavy atom. The summed E-state index contributed by atoms with van der Waals surface area (Å²) in [6.07, 6.45) is 0. The van der Waals surface area contributed by atoms with Crippen molar-refractivity contribution in [2.45, 2.75) is 6.04 Å². The lowest BCUT2D eigenvalue weighted by atomic mass is 10.2. The highest BCUT2D eigenvalue weighted by atomic mass is 16.5. The normalized spacial score (nSPS) is 10.4. The third-order valence-electron chi connectivity index (χ3n) is 2.09. The van der Waals surface area contributed by atoms with E-state index in [1.165, 1.54) is 7.11 Å². The van der Waals surface area contributed by atoms with Gasteiger partial charge in [-0.25, -0.2) is 0 Å². The molecule has 0 unspecified atom stereocenters. The van der Waals surface area contributed by atoms with Crippen LogP contribution in [0.5, 0.6) is 5.75 Å². The molecule has 0 fully saturated rings. The molecule has 0 saturated carbocycles. The van der Waals surface area contributed by atoms with E-state index >= 15 is 0 Å². The molecule has 1 aromatic rings. The van der Waals surface area contributed by atoms with Crippen LogP contribution in [-0.4, -0.2) is 36.6 Å². The molecule has 0 aromatic heterocycles. The second kappa shape index (κ2) is 5.43. The summed E-state index contributed by atoms with van der Waals surface area (Å²) in [7, 11) is 1.53. The van der Waals surface area contributed by atoms with Crippen LogP contribution in [0.15, 0.2) is 18.2 Å². The molecule has 84 valence electrons. The third kappa shape index (κ3) is 2.74. The summed E-state index contributed by atoms with van der Waals surface area (Å²) in [6.45, 7) is -0.319. The Morgan fingerprint density at radius 3 is 2.60 bits per heavy atom. The first-order valence-corrected chi connectivity index (χ1v) is 4.63. The molecule has 0 aliphatic carbocycles. The van der Waals surface area contributed by atoms with Crippen molar-refractivity contribution in [3.8, 4) is 5.75 Å². The first kappa shape index (κ1) is 11.6. The maximum absolute atomic E-state index is 8.91. The lowest BCUT2D eigenvalue weighted by Gasteiger charge is -2.17. The number of ether oxygens (including phenoxy) is 1. The van der Waals surface area contributed by atoms with Gasteiger partial charge >= 0.3 is 0 Å². The average molecular weight is 212 g/mol. The minimum absolute atomic E-state index is 0.160. The van der Waals surface area contributed by atoms with Gasteiger partial charge in [0.1, 0.15) is 5.75 Å². The maximum Gasteiger partial charge on any atom is 0.143 e. The van der Waals surface area contributed by atoms with Gasteiger partial charge in [-0.15, -0.1) is 0 Å². The van der Waals surface area contributed by atoms with E-state index < -0.39 is 6.04 Å². The molecule has 1 rings (SSSR count). The molecular weight excluding hydrogens is 196 g/mol. The second-order valence-corrected chi connectivity index (χ2v) is 3.13. The number of hydrogen-bond acceptors (Lipinski definition) is 5. The van der Waals surface area contributed by atoms with Crippen LogP contribution < -0.4 is 15.8 Å². The summed E-state index contributed by atoms with van der Waals surface area (Å²) in [5, 5.41) is 20.7. The number of rotatable bonds is 5. The predicted molar refractivity (Wildman–Crippen MR) is 59.0 cm³/mol. The lowest BCUT2D eigenvalue weighted by molar-refractivity contribution is 0.204. The number of aliphatic hydroxyl groups excluding tert-OH is 2. The fourth-order valence-electron chi connectivity index (χ4n) is 1.22. The standard InChI is InChI=1S/C10H16N2O3/c1-15-9-4-2-3-8(10(9)11)12-7(5-13)6-14/h2-4,7,12-14H,5-6,11H2,1H3. The van der Waals surface area contributed by atoms with E-state index in [9.17, 15) is 0 Å². The quantitative estimate of drug-likeness (QED) is 0.518. The molecule has 1 aromatic carbocycles. The van der Waals surface area contributed by atoms with Gasteiger partial charge in [-0.3, -0.25) is 0 Å². The van der Waals surface area contributed by atoms with Crippen LogP contribution >= 0.6 is 0 Å². The fraction of sp³-hybridized carbons (Fsp3) is 0.400. The Labute approximate surface area is 88.5 Å². The first-order chi connectivity index (χ1) is 7.22. The first-order valence-electron chi connectivity index (χ1n) is 4.63. The number of hydrogen-bond donors (Lipinski definition) is 4. The number of aliphatic hydroxyl groups is 2. The molecule has 0 heterocycles. The van der Waals surface area contributed by atoms with Gasteiger partial charge in [-0.1, -0.05) is 6.07 Å². The Kier molecular flexibility index (Phi) is 4.20. The topological polar surface area (TPSA) is 87.7 Å². The Morgan fingerprint density at radius 1 is 1.40 bits per heavy atom. The summed E-state index contributed by atoms with van der Waals surface area (Å²) in [6, 6.07) is 4.87. The molecule has 0 saturated heterocycles. The largest absolute Gasteiger partial charge is 0.495 e. The van der Waals surface area contributed by atoms with Crippen molar-refractivity contribution in [1.82, 2.24) is 0 Å². The number of anilines is 2. The Hall–Kier alpha value is -1.46. The molecule has 15 heavy (non-hydrogen) atoms. The molecule has 0 aliphatic heterocycles. The smallest absolute Gasteiger partial charge is 0.143 e. The van der Waals surface area contributed by atoms with Gasteiger partial charge in [-0.05, 0) is 12.1 Å². The van der Waals surface area contributed by atoms with E-state index in [2.05, 4.69) is 5.32 Å². The number of nitrogens with two attached hydrogens (primary N) is 1. The molecule has 5 nitrogen and oxygen atoms in total. The second-order valence-electron chi connectivity index (χ2n) is 3.13. The van der Waals surface area contributed by atoms with E-state index in [1.54, 1.807) is 18.2 Å². The fourth-order valence-corrected chi connectivity index (χ4v) is 1.22. The zero-order valence-electron chi connectivity index (χ0n) is 8.60. The van der Waals surface area contributed by atoms with E-state index in [0.717, 1.165) is 0 Å². The SMILES string of the molecule is COc1cccc(NC(CO)CO)c1N. The maximum atomic E-state index is 8.91. The molecule has 0 aliphatic rings. The molecule has 0 spiro atoms. The highest BCUT2D eigenvalue weighted by Crippen LogP contribution is 2.29. The molecule has 0 bridgehead atoms. The van der Waals surface area contributed by atoms with Crippen molar-refractivity contribution >= 4 is 11.4 Å². The summed E-state index contributed by atoms with van der Waals surface area (Å²) in [4.78, 5) is 0. The molecule has 5 heteroatoms. The van der Waals surface area contributed by atoms with Crippen molar-refractivity contribution in [1.29, 1.82) is 0 Å². The Bertz CT molecular complexity index is 314. The highest BCUT2D eigenvalue weighted by Gasteiger charge is 2.09. The van der Waals surface area contributed by atoms with Gasteiger partial charge in [0, 0.05) is 0 Å². The van der Waals surface area contributed by atoms with Crippen molar-refractivity contribution in [2.75, 3.05) is 31.4 Å². The van der Waals surface area contributed by atoms with Crippen LogP contribution in [0.3, 0.4) is 0 Å². The number of benzene rings is 1. The molecule has 0 amide bonds. The Balaban J connectivity index is 2.85. The summed E-state index contributed by atoms with van der Waals surface area (Å²) >= 11 is 0. The molecule has 0 radical (unpaired) electrons. The molecular formula is C10H16N2O3. The zero-order chi connectivity index (χ0) is 11.3. The summed E-state index contributed by atoms with van der Waals surface area (Å²) in [5.74, 6) is 0.564. The van der Waals surface area contributed by atoms with Crippen molar-refractivity contribution in [3.63, 3.8) is 0 Å². The van der Waals surface area contributed by atoms with E-state index in [0.29, 0.717) is 17.1 Å². The minimum Gasteiger partial charge on any atom is -0.495 e. The van der Waals surface area contributed by atoms with Crippen molar-refractivity contribution in [3.05, 3.63) is 18.2 Å². The lowest BCUT2D eigenvalue weighted by Crippen LogP contribution is -2.28. The van der Waals surface area contributed by atoms with Crippen LogP contribution in [-0.2, 0) is 0 Å². The number of para-hydroxylation sites is 1. The van der Waals surface area contributed by atoms with Gasteiger partial charge < -0.3 is 26.0 Å². The predicted octanol–water partition coefficient (Wildman–Crippen LogP) is 0.0425. The van der Waals surface area contributed by atoms with Gasteiger partial charge in [0.15, 0.2) is 0 Å². The summed E-state index contributed by atoms with van der Waals surface area (Å²) < 4.78 is 5.04. The van der Waals surface area contributed by atoms with E-state index in [4.69, 9.17) is 20.7 Å². The van der Waals surface area contributed by atoms with Crippen LogP contribution in [0.2, 0.25) is 0 Å². The average Bonchev–Trinajstić information content (AvgIpc) is 2.28. The van der Waals surface area contributed by atoms with Crippen molar-refractivity contribution in [2.24, 2.45) is 0 Å². The van der Waals surface area contributed by atoms with Gasteiger partial charge in [-0.2, -0.15) is 0 Å². The van der Waals surface area contributed by atoms with Gasteiger partial charge in [0.25, 0.3) is 0 Å². The van der Waals surface area contributed by atoms with Crippen molar-refractivity contribution < 1.29 is 14.9 Å². The van der Waals surface area contributed by atoms with Crippen LogP contribution in [0, 0.1) is 0 Å². The third-order valence-corrected chi connectivity index (χ3v) is 2.09. The summed E-state index contributed by atoms with van der Waals surface area (Å²) in [5.41, 5.74) is 6.91. The van der Waals surface area contributed by atoms with Gasteiger partial charge in [0.05, 0.1) is 37.7 Å². The zero-order valence-corrected chi connectivity index (χ0v) is 8.60. The number of nitrogen functional groups attached to an aromatic ring is 1. The number of methoxy groups -OCH3 is 1. The van der Waals surface area contributed by atoms with E-state index in [-0.39, 0.29) is 13.2 Å². The highest BCUT2D eigenvalue weighted by molar-refractivity contribution is 5.73. The molecule has 5 N–H and O–H groups in total. The number of nitrogens with one attached hydrogen (secondary N) is 1. The van der Waals surface area contributed by atoms with Crippen LogP contribution in [0.1, 0.15) is 0 Å². The van der Waals surface area contributed by atoms with E-state index in [1.807, 2.05) is 0 Å². The minimum atomic E-state index is -0.417. The molecule has 0 atom stereocenters. The van der Waals surface area contributed by atoms with Crippen LogP contribution in [0.4, 0.5) is 11.4 Å². The monoisotopic (exact) mass is 212 g/mol. The van der Waals surface area contributed by atoms with Gasteiger partial charge in [0.2, 0.25) is 0 Å². The van der Waals surface area contributed by atoms with Crippen LogP contribution in [0.25, 0.3) is 0 Å².